The third-order valence-electron chi connectivity index (χ3n) is 4.69. The Balaban J connectivity index is 1.63. The zero-order valence-corrected chi connectivity index (χ0v) is 17.1. The van der Waals surface area contributed by atoms with Gasteiger partial charge in [-0.05, 0) is 19.1 Å². The van der Waals surface area contributed by atoms with Crippen molar-refractivity contribution in [3.63, 3.8) is 0 Å². The van der Waals surface area contributed by atoms with Gasteiger partial charge in [-0.1, -0.05) is 12.1 Å². The summed E-state index contributed by atoms with van der Waals surface area (Å²) in [5, 5.41) is 15.6. The lowest BCUT2D eigenvalue weighted by atomic mass is 10.1. The maximum absolute atomic E-state index is 12.9. The van der Waals surface area contributed by atoms with Crippen LogP contribution in [0.25, 0.3) is 11.4 Å². The van der Waals surface area contributed by atoms with Crippen LogP contribution >= 0.6 is 0 Å². The normalized spacial score (nSPS) is 16.3. The van der Waals surface area contributed by atoms with Gasteiger partial charge in [0.25, 0.3) is 5.91 Å². The maximum atomic E-state index is 12.9. The second kappa shape index (κ2) is 9.38. The predicted molar refractivity (Wildman–Crippen MR) is 110 cm³/mol. The third kappa shape index (κ3) is 4.64. The molecule has 1 saturated heterocycles. The fourth-order valence-electron chi connectivity index (χ4n) is 3.04. The van der Waals surface area contributed by atoms with Gasteiger partial charge in [-0.15, -0.1) is 0 Å². The van der Waals surface area contributed by atoms with E-state index in [-0.39, 0.29) is 29.2 Å². The van der Waals surface area contributed by atoms with Crippen LogP contribution in [0.1, 0.15) is 41.2 Å². The first-order valence-corrected chi connectivity index (χ1v) is 9.79. The number of aromatic nitrogens is 5. The van der Waals surface area contributed by atoms with Gasteiger partial charge in [0.05, 0.1) is 24.8 Å². The van der Waals surface area contributed by atoms with Crippen molar-refractivity contribution in [2.45, 2.75) is 25.6 Å². The summed E-state index contributed by atoms with van der Waals surface area (Å²) in [4.78, 5) is 30.9. The van der Waals surface area contributed by atoms with Crippen LogP contribution in [0.15, 0.2) is 30.6 Å². The number of anilines is 1. The van der Waals surface area contributed by atoms with Gasteiger partial charge in [-0.3, -0.25) is 14.7 Å². The molecule has 3 aromatic rings. The molecule has 164 valence electrons. The summed E-state index contributed by atoms with van der Waals surface area (Å²) < 4.78 is 11.3. The number of ether oxygens (including phenoxy) is 2. The molecule has 1 aromatic carbocycles. The fraction of sp³-hybridized carbons (Fsp3) is 0.300. The molecule has 0 spiro atoms. The van der Waals surface area contributed by atoms with Crippen LogP contribution in [-0.2, 0) is 9.57 Å². The minimum absolute atomic E-state index is 0.00113. The first-order chi connectivity index (χ1) is 15.5. The van der Waals surface area contributed by atoms with E-state index in [0.717, 1.165) is 0 Å². The van der Waals surface area contributed by atoms with E-state index in [9.17, 15) is 4.79 Å². The van der Waals surface area contributed by atoms with Crippen LogP contribution in [-0.4, -0.2) is 50.4 Å². The summed E-state index contributed by atoms with van der Waals surface area (Å²) in [5.74, 6) is -0.124. The zero-order chi connectivity index (χ0) is 22.5. The number of nitriles is 1. The van der Waals surface area contributed by atoms with Crippen LogP contribution in [0.5, 0.6) is 5.88 Å². The standard InChI is InChI=1S/C20H20N8O4/c1-11(17-23-10-24-27-17)32-28-19(29)15-16(22)25-18(13-4-2-3-12(7-13)8-21)26-20(15)31-14-5-6-30-9-14/h2-4,7,10-11,14H,5-6,9H2,1H3,(H,28,29)(H2,22,25,26)(H,23,24,27)/t11-,14-/m0/s1. The van der Waals surface area contributed by atoms with Crippen LogP contribution in [0.4, 0.5) is 5.82 Å². The van der Waals surface area contributed by atoms with Crippen LogP contribution < -0.4 is 16.0 Å². The molecule has 1 amide bonds. The smallest absolute Gasteiger partial charge is 0.284 e. The van der Waals surface area contributed by atoms with Crippen molar-refractivity contribution < 1.29 is 19.1 Å². The lowest BCUT2D eigenvalue weighted by Crippen LogP contribution is -2.29. The third-order valence-corrected chi connectivity index (χ3v) is 4.69. The first kappa shape index (κ1) is 21.2. The van der Waals surface area contributed by atoms with Crippen molar-refractivity contribution >= 4 is 11.7 Å². The molecular formula is C20H20N8O4. The van der Waals surface area contributed by atoms with E-state index in [1.807, 2.05) is 0 Å². The summed E-state index contributed by atoms with van der Waals surface area (Å²) in [5.41, 5.74) is 9.39. The first-order valence-electron chi connectivity index (χ1n) is 9.79. The highest BCUT2D eigenvalue weighted by Gasteiger charge is 2.27. The fourth-order valence-corrected chi connectivity index (χ4v) is 3.04. The Kier molecular flexibility index (Phi) is 6.20. The monoisotopic (exact) mass is 436 g/mol. The molecule has 32 heavy (non-hydrogen) atoms. The van der Waals surface area contributed by atoms with E-state index in [4.69, 9.17) is 25.3 Å². The number of aromatic amines is 1. The number of H-pyrrole nitrogens is 1. The number of carbonyl (C=O) groups is 1. The van der Waals surface area contributed by atoms with E-state index in [0.29, 0.717) is 36.6 Å². The van der Waals surface area contributed by atoms with Crippen LogP contribution in [0.3, 0.4) is 0 Å². The summed E-state index contributed by atoms with van der Waals surface area (Å²) in [6.07, 6.45) is 1.09. The van der Waals surface area contributed by atoms with E-state index < -0.39 is 12.0 Å². The molecule has 12 heteroatoms. The highest BCUT2D eigenvalue weighted by molar-refractivity contribution is 6.00. The maximum Gasteiger partial charge on any atom is 0.284 e. The van der Waals surface area contributed by atoms with Crippen molar-refractivity contribution in [2.75, 3.05) is 18.9 Å². The second-order valence-corrected chi connectivity index (χ2v) is 6.97. The van der Waals surface area contributed by atoms with Crippen molar-refractivity contribution in [3.8, 4) is 23.3 Å². The Morgan fingerprint density at radius 2 is 2.31 bits per heavy atom. The van der Waals surface area contributed by atoms with E-state index in [1.165, 1.54) is 6.33 Å². The van der Waals surface area contributed by atoms with Gasteiger partial charge < -0.3 is 15.2 Å². The number of amides is 1. The number of benzene rings is 1. The van der Waals surface area contributed by atoms with Crippen molar-refractivity contribution in [1.82, 2.24) is 30.6 Å². The lowest BCUT2D eigenvalue weighted by Gasteiger charge is -2.17. The molecule has 1 aliphatic heterocycles. The van der Waals surface area contributed by atoms with Gasteiger partial charge in [0, 0.05) is 12.0 Å². The molecule has 0 saturated carbocycles. The minimum atomic E-state index is -0.680. The average Bonchev–Trinajstić information content (AvgIpc) is 3.51. The summed E-state index contributed by atoms with van der Waals surface area (Å²) in [6.45, 7) is 2.59. The number of nitrogens with one attached hydrogen (secondary N) is 2. The Bertz CT molecular complexity index is 1140. The number of rotatable bonds is 7. The molecule has 0 radical (unpaired) electrons. The molecule has 0 aliphatic carbocycles. The molecule has 2 aromatic heterocycles. The molecule has 12 nitrogen and oxygen atoms in total. The van der Waals surface area contributed by atoms with Gasteiger partial charge in [0.15, 0.2) is 11.6 Å². The Morgan fingerprint density at radius 3 is 3.03 bits per heavy atom. The van der Waals surface area contributed by atoms with E-state index >= 15 is 0 Å². The summed E-state index contributed by atoms with van der Waals surface area (Å²) >= 11 is 0. The molecule has 1 aliphatic rings. The van der Waals surface area contributed by atoms with Crippen molar-refractivity contribution in [3.05, 3.63) is 47.5 Å². The van der Waals surface area contributed by atoms with E-state index in [2.05, 4.69) is 36.7 Å². The molecular weight excluding hydrogens is 416 g/mol. The number of hydrogen-bond acceptors (Lipinski definition) is 10. The number of nitrogens with zero attached hydrogens (tertiary/aromatic N) is 5. The SMILES string of the molecule is C[C@H](ONC(=O)c1c(N)nc(-c2cccc(C#N)c2)nc1O[C@H]1CCOC1)c1ncn[nH]1. The number of hydrogen-bond donors (Lipinski definition) is 3. The van der Waals surface area contributed by atoms with Gasteiger partial charge >= 0.3 is 0 Å². The minimum Gasteiger partial charge on any atom is -0.471 e. The Morgan fingerprint density at radius 1 is 1.44 bits per heavy atom. The zero-order valence-electron chi connectivity index (χ0n) is 17.1. The van der Waals surface area contributed by atoms with Gasteiger partial charge in [-0.25, -0.2) is 15.4 Å². The average molecular weight is 436 g/mol. The largest absolute Gasteiger partial charge is 0.471 e. The molecule has 2 atom stereocenters. The molecule has 0 bridgehead atoms. The summed E-state index contributed by atoms with van der Waals surface area (Å²) in [7, 11) is 0. The van der Waals surface area contributed by atoms with Gasteiger partial charge in [0.2, 0.25) is 5.88 Å². The van der Waals surface area contributed by atoms with Gasteiger partial charge in [-0.2, -0.15) is 15.3 Å². The highest BCUT2D eigenvalue weighted by Crippen LogP contribution is 2.28. The number of nitrogen functional groups attached to an aromatic ring is 1. The van der Waals surface area contributed by atoms with Crippen LogP contribution in [0, 0.1) is 11.3 Å². The quantitative estimate of drug-likeness (QED) is 0.458. The molecule has 1 fully saturated rings. The molecule has 4 rings (SSSR count). The highest BCUT2D eigenvalue weighted by atomic mass is 16.7. The number of hydroxylamine groups is 1. The van der Waals surface area contributed by atoms with E-state index in [1.54, 1.807) is 31.2 Å². The number of nitrogens with two attached hydrogens (primary N) is 1. The molecule has 4 N–H and O–H groups in total. The molecule has 3 heterocycles. The van der Waals surface area contributed by atoms with Crippen molar-refractivity contribution in [1.29, 1.82) is 5.26 Å². The van der Waals surface area contributed by atoms with Gasteiger partial charge in [0.1, 0.15) is 29.9 Å². The summed E-state index contributed by atoms with van der Waals surface area (Å²) in [6, 6.07) is 8.79. The topological polar surface area (TPSA) is 174 Å². The lowest BCUT2D eigenvalue weighted by molar-refractivity contribution is -0.0127. The Labute approximate surface area is 182 Å². The van der Waals surface area contributed by atoms with Crippen molar-refractivity contribution in [2.24, 2.45) is 0 Å². The molecule has 0 unspecified atom stereocenters. The van der Waals surface area contributed by atoms with Crippen LogP contribution in [0.2, 0.25) is 0 Å². The number of carbonyl (C=O) groups excluding carboxylic acids is 1. The Hall–Kier alpha value is -4.08. The predicted octanol–water partition coefficient (Wildman–Crippen LogP) is 1.31. The second-order valence-electron chi connectivity index (χ2n) is 6.97.